The highest BCUT2D eigenvalue weighted by Crippen LogP contribution is 2.44. The lowest BCUT2D eigenvalue weighted by Gasteiger charge is -2.23. The number of hydrogen-bond acceptors (Lipinski definition) is 4. The average Bonchev–Trinajstić information content (AvgIpc) is 3.31. The maximum Gasteiger partial charge on any atom is 0.407 e. The van der Waals surface area contributed by atoms with Gasteiger partial charge in [-0.15, -0.1) is 0 Å². The highest BCUT2D eigenvalue weighted by molar-refractivity contribution is 5.91. The van der Waals surface area contributed by atoms with Crippen LogP contribution in [0.4, 0.5) is 4.79 Å². The fourth-order valence-corrected chi connectivity index (χ4v) is 5.08. The molecule has 2 fully saturated rings. The zero-order valence-electron chi connectivity index (χ0n) is 17.7. The van der Waals surface area contributed by atoms with Gasteiger partial charge in [-0.05, 0) is 47.9 Å². The number of amides is 2. The summed E-state index contributed by atoms with van der Waals surface area (Å²) < 4.78 is 5.61. The van der Waals surface area contributed by atoms with Crippen molar-refractivity contribution in [3.63, 3.8) is 0 Å². The minimum absolute atomic E-state index is 0.0267. The van der Waals surface area contributed by atoms with Gasteiger partial charge in [0.25, 0.3) is 0 Å². The van der Waals surface area contributed by atoms with E-state index in [1.54, 1.807) is 0 Å². The molecule has 0 heterocycles. The first-order chi connectivity index (χ1) is 15.5. The van der Waals surface area contributed by atoms with Crippen molar-refractivity contribution in [2.75, 3.05) is 6.61 Å². The summed E-state index contributed by atoms with van der Waals surface area (Å²) in [6.45, 7) is 0.214. The largest absolute Gasteiger partial charge is 0.480 e. The van der Waals surface area contributed by atoms with Crippen molar-refractivity contribution in [2.45, 2.75) is 49.6 Å². The van der Waals surface area contributed by atoms with Crippen molar-refractivity contribution >= 4 is 18.0 Å². The van der Waals surface area contributed by atoms with Crippen LogP contribution in [-0.4, -0.2) is 41.3 Å². The van der Waals surface area contributed by atoms with Gasteiger partial charge in [0.15, 0.2) is 0 Å². The molecule has 0 spiro atoms. The van der Waals surface area contributed by atoms with Gasteiger partial charge in [0.2, 0.25) is 5.91 Å². The Morgan fingerprint density at radius 3 is 2.19 bits per heavy atom. The molecule has 3 aliphatic carbocycles. The Kier molecular flexibility index (Phi) is 5.12. The van der Waals surface area contributed by atoms with Crippen LogP contribution in [0.25, 0.3) is 11.1 Å². The van der Waals surface area contributed by atoms with Gasteiger partial charge in [0.1, 0.15) is 12.1 Å². The number of fused-ring (bicyclic) bond motifs is 3. The van der Waals surface area contributed by atoms with Gasteiger partial charge in [-0.2, -0.15) is 0 Å². The summed E-state index contributed by atoms with van der Waals surface area (Å²) in [6, 6.07) is 15.9. The summed E-state index contributed by atoms with van der Waals surface area (Å²) in [5.41, 5.74) is 3.49. The molecular formula is C25H26N2O5. The molecule has 0 aliphatic heterocycles. The van der Waals surface area contributed by atoms with Crippen LogP contribution < -0.4 is 10.6 Å². The number of carboxylic acids is 1. The van der Waals surface area contributed by atoms with E-state index in [1.165, 1.54) is 0 Å². The number of alkyl carbamates (subject to hydrolysis) is 1. The predicted octanol–water partition coefficient (Wildman–Crippen LogP) is 3.43. The van der Waals surface area contributed by atoms with Crippen molar-refractivity contribution in [1.82, 2.24) is 10.6 Å². The Bertz CT molecular complexity index is 1030. The summed E-state index contributed by atoms with van der Waals surface area (Å²) in [4.78, 5) is 36.6. The summed E-state index contributed by atoms with van der Waals surface area (Å²) in [5.74, 6) is -1.76. The first-order valence-corrected chi connectivity index (χ1v) is 11.2. The number of carbonyl (C=O) groups is 3. The van der Waals surface area contributed by atoms with E-state index < -0.39 is 23.5 Å². The van der Waals surface area contributed by atoms with Crippen LogP contribution in [0.5, 0.6) is 0 Å². The third-order valence-corrected chi connectivity index (χ3v) is 7.02. The molecule has 7 heteroatoms. The van der Waals surface area contributed by atoms with Crippen molar-refractivity contribution in [1.29, 1.82) is 0 Å². The van der Waals surface area contributed by atoms with Gasteiger partial charge in [-0.1, -0.05) is 55.0 Å². The molecule has 32 heavy (non-hydrogen) atoms. The lowest BCUT2D eigenvalue weighted by atomic mass is 9.98. The molecule has 0 aromatic heterocycles. The molecule has 166 valence electrons. The van der Waals surface area contributed by atoms with Crippen LogP contribution in [0, 0.1) is 5.92 Å². The molecule has 3 aliphatic rings. The van der Waals surface area contributed by atoms with E-state index in [-0.39, 0.29) is 24.5 Å². The zero-order chi connectivity index (χ0) is 22.3. The lowest BCUT2D eigenvalue weighted by Crippen LogP contribution is -2.50. The van der Waals surface area contributed by atoms with Crippen LogP contribution in [-0.2, 0) is 14.3 Å². The number of aliphatic carboxylic acids is 1. The summed E-state index contributed by atoms with van der Waals surface area (Å²) >= 11 is 0. The molecule has 0 saturated heterocycles. The first kappa shape index (κ1) is 20.5. The molecule has 0 bridgehead atoms. The molecule has 2 aromatic rings. The SMILES string of the molecule is O=C(N[C@@H]1CCC[C@@H]1C(=O)NC1(C(=O)O)CC1)OCC1c2ccccc2-c2ccccc21. The second-order valence-electron chi connectivity index (χ2n) is 8.99. The molecule has 0 unspecified atom stereocenters. The molecular weight excluding hydrogens is 408 g/mol. The summed E-state index contributed by atoms with van der Waals surface area (Å²) in [5, 5.41) is 14.8. The molecule has 0 radical (unpaired) electrons. The number of carboxylic acid groups (broad SMARTS) is 1. The van der Waals surface area contributed by atoms with Gasteiger partial charge >= 0.3 is 12.1 Å². The topological polar surface area (TPSA) is 105 Å². The molecule has 2 saturated carbocycles. The first-order valence-electron chi connectivity index (χ1n) is 11.2. The van der Waals surface area contributed by atoms with E-state index in [0.29, 0.717) is 25.7 Å². The Morgan fingerprint density at radius 2 is 1.59 bits per heavy atom. The number of carbonyl (C=O) groups excluding carboxylic acids is 2. The molecule has 3 N–H and O–H groups in total. The van der Waals surface area contributed by atoms with E-state index in [4.69, 9.17) is 4.74 Å². The monoisotopic (exact) mass is 434 g/mol. The highest BCUT2D eigenvalue weighted by atomic mass is 16.5. The van der Waals surface area contributed by atoms with Gasteiger partial charge in [0, 0.05) is 12.0 Å². The van der Waals surface area contributed by atoms with Crippen LogP contribution in [0.3, 0.4) is 0 Å². The molecule has 2 atom stereocenters. The third-order valence-electron chi connectivity index (χ3n) is 7.02. The molecule has 7 nitrogen and oxygen atoms in total. The van der Waals surface area contributed by atoms with E-state index >= 15 is 0 Å². The maximum absolute atomic E-state index is 12.7. The zero-order valence-corrected chi connectivity index (χ0v) is 17.7. The van der Waals surface area contributed by atoms with Gasteiger partial charge < -0.3 is 20.5 Å². The van der Waals surface area contributed by atoms with E-state index in [0.717, 1.165) is 28.7 Å². The third kappa shape index (κ3) is 3.61. The van der Waals surface area contributed by atoms with E-state index in [2.05, 4.69) is 34.9 Å². The van der Waals surface area contributed by atoms with Crippen LogP contribution in [0.1, 0.15) is 49.1 Å². The van der Waals surface area contributed by atoms with Crippen molar-refractivity contribution in [2.24, 2.45) is 5.92 Å². The summed E-state index contributed by atoms with van der Waals surface area (Å²) in [6.07, 6.45) is 2.44. The Morgan fingerprint density at radius 1 is 0.969 bits per heavy atom. The van der Waals surface area contributed by atoms with Crippen molar-refractivity contribution in [3.05, 3.63) is 59.7 Å². The number of benzene rings is 2. The fourth-order valence-electron chi connectivity index (χ4n) is 5.08. The quantitative estimate of drug-likeness (QED) is 0.646. The number of ether oxygens (including phenoxy) is 1. The standard InChI is InChI=1S/C25H26N2O5/c28-22(27-25(12-13-25)23(29)30)19-10-5-11-21(19)26-24(31)32-14-20-17-8-3-1-6-15(17)16-7-2-4-9-18(16)20/h1-4,6-9,19-21H,5,10-14H2,(H,26,31)(H,27,28)(H,29,30)/t19-,21+/m0/s1. The molecule has 2 amide bonds. The van der Waals surface area contributed by atoms with E-state index in [1.807, 2.05) is 24.3 Å². The Balaban J connectivity index is 1.21. The lowest BCUT2D eigenvalue weighted by molar-refractivity contribution is -0.143. The van der Waals surface area contributed by atoms with Crippen LogP contribution >= 0.6 is 0 Å². The van der Waals surface area contributed by atoms with Gasteiger partial charge in [0.05, 0.1) is 5.92 Å². The second-order valence-corrected chi connectivity index (χ2v) is 8.99. The second kappa shape index (κ2) is 7.97. The smallest absolute Gasteiger partial charge is 0.407 e. The summed E-state index contributed by atoms with van der Waals surface area (Å²) in [7, 11) is 0. The Labute approximate surface area is 186 Å². The molecule has 5 rings (SSSR count). The van der Waals surface area contributed by atoms with Crippen LogP contribution in [0.15, 0.2) is 48.5 Å². The number of rotatable bonds is 6. The van der Waals surface area contributed by atoms with Gasteiger partial charge in [-0.3, -0.25) is 4.79 Å². The highest BCUT2D eigenvalue weighted by Gasteiger charge is 2.53. The minimum Gasteiger partial charge on any atom is -0.480 e. The number of nitrogens with one attached hydrogen (secondary N) is 2. The predicted molar refractivity (Wildman–Crippen MR) is 117 cm³/mol. The average molecular weight is 434 g/mol. The fraction of sp³-hybridized carbons (Fsp3) is 0.400. The normalized spacial score (nSPS) is 22.5. The molecule has 2 aromatic carbocycles. The van der Waals surface area contributed by atoms with Crippen LogP contribution in [0.2, 0.25) is 0 Å². The van der Waals surface area contributed by atoms with Gasteiger partial charge in [-0.25, -0.2) is 9.59 Å². The van der Waals surface area contributed by atoms with E-state index in [9.17, 15) is 19.5 Å². The maximum atomic E-state index is 12.7. The minimum atomic E-state index is -1.12. The number of hydrogen-bond donors (Lipinski definition) is 3. The van der Waals surface area contributed by atoms with Crippen molar-refractivity contribution in [3.8, 4) is 11.1 Å². The van der Waals surface area contributed by atoms with Crippen molar-refractivity contribution < 1.29 is 24.2 Å². The Hall–Kier alpha value is -3.35.